The number of aromatic nitrogens is 2. The molecule has 112 valence electrons. The predicted octanol–water partition coefficient (Wildman–Crippen LogP) is 0.512. The molecule has 8 nitrogen and oxygen atoms in total. The van der Waals surface area contributed by atoms with Crippen molar-refractivity contribution in [3.05, 3.63) is 46.4 Å². The van der Waals surface area contributed by atoms with Gasteiger partial charge >= 0.3 is 0 Å². The van der Waals surface area contributed by atoms with Crippen LogP contribution in [0.2, 0.25) is 0 Å². The first kappa shape index (κ1) is 15.0. The molecule has 0 aliphatic heterocycles. The molecule has 3 N–H and O–H groups in total. The number of hydrogen-bond donors (Lipinski definition) is 3. The van der Waals surface area contributed by atoms with Crippen molar-refractivity contribution in [3.63, 3.8) is 0 Å². The van der Waals surface area contributed by atoms with Crippen molar-refractivity contribution in [3.8, 4) is 5.69 Å². The molecule has 0 unspecified atom stereocenters. The third kappa shape index (κ3) is 4.04. The van der Waals surface area contributed by atoms with Crippen molar-refractivity contribution < 1.29 is 17.8 Å². The number of carbonyl (C=O) groups excluding carboxylic acids is 1. The van der Waals surface area contributed by atoms with E-state index in [2.05, 4.69) is 10.4 Å². The number of aromatic amines is 1. The van der Waals surface area contributed by atoms with Gasteiger partial charge in [0.25, 0.3) is 15.7 Å². The number of rotatable bonds is 4. The standard InChI is InChI=1S/C12H13N3O5S/c1-8(16)13-9-2-4-11(5-3-9)15-12(17)6-10(14-15)7-21(18,19)20/h2-6,14H,7H2,1H3,(H,13,16)(H,18,19,20). The first-order valence-corrected chi connectivity index (χ1v) is 7.50. The second-order valence-electron chi connectivity index (χ2n) is 4.41. The lowest BCUT2D eigenvalue weighted by molar-refractivity contribution is -0.114. The van der Waals surface area contributed by atoms with Crippen LogP contribution in [0, 0.1) is 0 Å². The Balaban J connectivity index is 2.30. The fourth-order valence-electron chi connectivity index (χ4n) is 1.80. The maximum Gasteiger partial charge on any atom is 0.271 e. The Morgan fingerprint density at radius 3 is 2.48 bits per heavy atom. The van der Waals surface area contributed by atoms with Crippen LogP contribution in [-0.4, -0.2) is 28.7 Å². The largest absolute Gasteiger partial charge is 0.326 e. The molecule has 0 saturated heterocycles. The summed E-state index contributed by atoms with van der Waals surface area (Å²) >= 11 is 0. The van der Waals surface area contributed by atoms with Crippen molar-refractivity contribution in [2.24, 2.45) is 0 Å². The minimum absolute atomic E-state index is 0.0773. The number of nitrogens with one attached hydrogen (secondary N) is 2. The summed E-state index contributed by atoms with van der Waals surface area (Å²) in [6, 6.07) is 7.47. The molecule has 0 atom stereocenters. The molecule has 0 saturated carbocycles. The molecule has 2 rings (SSSR count). The van der Waals surface area contributed by atoms with Crippen molar-refractivity contribution in [2.75, 3.05) is 5.32 Å². The zero-order valence-corrected chi connectivity index (χ0v) is 11.8. The third-order valence-corrected chi connectivity index (χ3v) is 3.23. The summed E-state index contributed by atoms with van der Waals surface area (Å²) in [6.07, 6.45) is 0. The van der Waals surface area contributed by atoms with Crippen LogP contribution in [0.4, 0.5) is 5.69 Å². The highest BCUT2D eigenvalue weighted by atomic mass is 32.2. The van der Waals surface area contributed by atoms with Crippen LogP contribution < -0.4 is 10.9 Å². The van der Waals surface area contributed by atoms with Gasteiger partial charge in [-0.25, -0.2) is 4.68 Å². The lowest BCUT2D eigenvalue weighted by Crippen LogP contribution is -2.13. The Kier molecular flexibility index (Phi) is 3.96. The Hall–Kier alpha value is -2.39. The second-order valence-corrected chi connectivity index (χ2v) is 5.86. The second kappa shape index (κ2) is 5.54. The lowest BCUT2D eigenvalue weighted by atomic mass is 10.3. The average molecular weight is 311 g/mol. The summed E-state index contributed by atoms with van der Waals surface area (Å²) in [4.78, 5) is 22.7. The number of anilines is 1. The van der Waals surface area contributed by atoms with Crippen molar-refractivity contribution in [1.29, 1.82) is 0 Å². The van der Waals surface area contributed by atoms with Gasteiger partial charge in [0.15, 0.2) is 0 Å². The first-order valence-electron chi connectivity index (χ1n) is 5.89. The van der Waals surface area contributed by atoms with Gasteiger partial charge in [0.1, 0.15) is 5.75 Å². The van der Waals surface area contributed by atoms with Crippen LogP contribution in [0.25, 0.3) is 5.69 Å². The van der Waals surface area contributed by atoms with Gasteiger partial charge in [0.05, 0.1) is 11.4 Å². The number of nitrogens with zero attached hydrogens (tertiary/aromatic N) is 1. The third-order valence-electron chi connectivity index (χ3n) is 2.56. The normalized spacial score (nSPS) is 11.3. The Morgan fingerprint density at radius 2 is 1.95 bits per heavy atom. The highest BCUT2D eigenvalue weighted by molar-refractivity contribution is 7.85. The van der Waals surface area contributed by atoms with Crippen LogP contribution in [0.5, 0.6) is 0 Å². The van der Waals surface area contributed by atoms with Crippen molar-refractivity contribution in [2.45, 2.75) is 12.7 Å². The maximum absolute atomic E-state index is 11.8. The van der Waals surface area contributed by atoms with E-state index in [-0.39, 0.29) is 11.6 Å². The topological polar surface area (TPSA) is 121 Å². The summed E-state index contributed by atoms with van der Waals surface area (Å²) in [5, 5.41) is 5.18. The molecule has 0 bridgehead atoms. The van der Waals surface area contributed by atoms with E-state index in [1.807, 2.05) is 0 Å². The smallest absolute Gasteiger partial charge is 0.271 e. The van der Waals surface area contributed by atoms with Crippen molar-refractivity contribution in [1.82, 2.24) is 9.78 Å². The van der Waals surface area contributed by atoms with E-state index < -0.39 is 21.4 Å². The maximum atomic E-state index is 11.8. The summed E-state index contributed by atoms with van der Waals surface area (Å²) in [5.41, 5.74) is 0.661. The van der Waals surface area contributed by atoms with E-state index in [4.69, 9.17) is 4.55 Å². The average Bonchev–Trinajstić information content (AvgIpc) is 2.68. The predicted molar refractivity (Wildman–Crippen MR) is 75.9 cm³/mol. The Morgan fingerprint density at radius 1 is 1.33 bits per heavy atom. The quantitative estimate of drug-likeness (QED) is 0.710. The number of H-pyrrole nitrogens is 1. The van der Waals surface area contributed by atoms with E-state index in [0.717, 1.165) is 10.7 Å². The van der Waals surface area contributed by atoms with Crippen LogP contribution in [-0.2, 0) is 20.7 Å². The van der Waals surface area contributed by atoms with E-state index in [1.54, 1.807) is 24.3 Å². The minimum atomic E-state index is -4.21. The van der Waals surface area contributed by atoms with Gasteiger partial charge in [-0.05, 0) is 24.3 Å². The SMILES string of the molecule is CC(=O)Nc1ccc(-n2[nH]c(CS(=O)(=O)O)cc2=O)cc1. The number of carbonyl (C=O) groups is 1. The molecule has 1 aromatic carbocycles. The molecular weight excluding hydrogens is 298 g/mol. The van der Waals surface area contributed by atoms with Gasteiger partial charge in [0, 0.05) is 18.7 Å². The molecule has 0 fully saturated rings. The molecular formula is C12H13N3O5S. The van der Waals surface area contributed by atoms with Gasteiger partial charge in [-0.1, -0.05) is 0 Å². The molecule has 0 radical (unpaired) electrons. The molecule has 1 amide bonds. The zero-order chi connectivity index (χ0) is 15.6. The van der Waals surface area contributed by atoms with Gasteiger partial charge in [-0.3, -0.25) is 19.2 Å². The molecule has 0 spiro atoms. The fourth-order valence-corrected chi connectivity index (χ4v) is 2.34. The van der Waals surface area contributed by atoms with E-state index in [0.29, 0.717) is 11.4 Å². The van der Waals surface area contributed by atoms with E-state index in [1.165, 1.54) is 6.92 Å². The molecule has 1 heterocycles. The highest BCUT2D eigenvalue weighted by Gasteiger charge is 2.11. The van der Waals surface area contributed by atoms with Crippen LogP contribution in [0.1, 0.15) is 12.6 Å². The van der Waals surface area contributed by atoms with Gasteiger partial charge in [-0.2, -0.15) is 8.42 Å². The zero-order valence-electron chi connectivity index (χ0n) is 11.0. The van der Waals surface area contributed by atoms with Crippen LogP contribution >= 0.6 is 0 Å². The highest BCUT2D eigenvalue weighted by Crippen LogP contribution is 2.12. The van der Waals surface area contributed by atoms with Crippen LogP contribution in [0.3, 0.4) is 0 Å². The minimum Gasteiger partial charge on any atom is -0.326 e. The van der Waals surface area contributed by atoms with Gasteiger partial charge in [-0.15, -0.1) is 0 Å². The summed E-state index contributed by atoms with van der Waals surface area (Å²) in [5.74, 6) is -0.880. The summed E-state index contributed by atoms with van der Waals surface area (Å²) in [6.45, 7) is 1.38. The van der Waals surface area contributed by atoms with E-state index in [9.17, 15) is 18.0 Å². The van der Waals surface area contributed by atoms with Crippen LogP contribution in [0.15, 0.2) is 35.1 Å². The monoisotopic (exact) mass is 311 g/mol. The molecule has 2 aromatic rings. The number of benzene rings is 1. The van der Waals surface area contributed by atoms with Crippen molar-refractivity contribution >= 4 is 21.7 Å². The molecule has 9 heteroatoms. The van der Waals surface area contributed by atoms with Gasteiger partial charge in [0.2, 0.25) is 5.91 Å². The molecule has 0 aliphatic carbocycles. The molecule has 21 heavy (non-hydrogen) atoms. The number of hydrogen-bond acceptors (Lipinski definition) is 4. The summed E-state index contributed by atoms with van der Waals surface area (Å²) in [7, 11) is -4.21. The lowest BCUT2D eigenvalue weighted by Gasteiger charge is -2.05. The van der Waals surface area contributed by atoms with E-state index >= 15 is 0 Å². The Bertz CT molecular complexity index is 817. The van der Waals surface area contributed by atoms with Gasteiger partial charge < -0.3 is 5.32 Å². The molecule has 1 aromatic heterocycles. The Labute approximate surface area is 120 Å². The number of amides is 1. The summed E-state index contributed by atoms with van der Waals surface area (Å²) < 4.78 is 31.5. The fraction of sp³-hybridized carbons (Fsp3) is 0.167. The molecule has 0 aliphatic rings. The first-order chi connectivity index (χ1) is 9.74.